The SMILES string of the molecule is O=C(COc1cccc(C(F)(F)F)c1)NNC(=O)CN1CCCCCC1=O. The van der Waals surface area contributed by atoms with Crippen LogP contribution >= 0.6 is 0 Å². The molecule has 1 aromatic rings. The first kappa shape index (κ1) is 20.5. The molecule has 1 saturated heterocycles. The van der Waals surface area contributed by atoms with Crippen LogP contribution in [0.5, 0.6) is 5.75 Å². The Morgan fingerprint density at radius 1 is 1.11 bits per heavy atom. The average molecular weight is 387 g/mol. The first-order valence-electron chi connectivity index (χ1n) is 8.41. The van der Waals surface area contributed by atoms with Crippen LogP contribution in [0.1, 0.15) is 31.2 Å². The van der Waals surface area contributed by atoms with Gasteiger partial charge < -0.3 is 9.64 Å². The molecular formula is C17H20F3N3O4. The minimum absolute atomic E-state index is 0.109. The second kappa shape index (κ2) is 9.24. The van der Waals surface area contributed by atoms with Gasteiger partial charge >= 0.3 is 6.18 Å². The number of alkyl halides is 3. The van der Waals surface area contributed by atoms with Gasteiger partial charge in [-0.15, -0.1) is 0 Å². The number of benzene rings is 1. The van der Waals surface area contributed by atoms with Gasteiger partial charge in [-0.3, -0.25) is 25.2 Å². The third-order valence-electron chi connectivity index (χ3n) is 3.88. The molecule has 0 atom stereocenters. The third kappa shape index (κ3) is 6.80. The molecule has 1 fully saturated rings. The highest BCUT2D eigenvalue weighted by Crippen LogP contribution is 2.31. The number of hydrazine groups is 1. The summed E-state index contributed by atoms with van der Waals surface area (Å²) < 4.78 is 42.8. The van der Waals surface area contributed by atoms with Crippen molar-refractivity contribution < 1.29 is 32.3 Å². The Morgan fingerprint density at radius 2 is 1.85 bits per heavy atom. The molecule has 7 nitrogen and oxygen atoms in total. The quantitative estimate of drug-likeness (QED) is 0.752. The van der Waals surface area contributed by atoms with Gasteiger partial charge in [-0.25, -0.2) is 0 Å². The second-order valence-electron chi connectivity index (χ2n) is 6.04. The Labute approximate surface area is 153 Å². The van der Waals surface area contributed by atoms with Gasteiger partial charge in [0.25, 0.3) is 11.8 Å². The molecule has 0 radical (unpaired) electrons. The van der Waals surface area contributed by atoms with E-state index in [0.29, 0.717) is 13.0 Å². The molecule has 10 heteroatoms. The van der Waals surface area contributed by atoms with E-state index in [1.165, 1.54) is 11.0 Å². The van der Waals surface area contributed by atoms with Crippen LogP contribution < -0.4 is 15.6 Å². The van der Waals surface area contributed by atoms with Crippen molar-refractivity contribution in [2.75, 3.05) is 19.7 Å². The van der Waals surface area contributed by atoms with Crippen molar-refractivity contribution in [3.8, 4) is 5.75 Å². The lowest BCUT2D eigenvalue weighted by Gasteiger charge is -2.19. The fourth-order valence-corrected chi connectivity index (χ4v) is 2.51. The average Bonchev–Trinajstić information content (AvgIpc) is 2.82. The van der Waals surface area contributed by atoms with E-state index in [9.17, 15) is 27.6 Å². The largest absolute Gasteiger partial charge is 0.484 e. The maximum atomic E-state index is 12.6. The molecule has 2 N–H and O–H groups in total. The highest BCUT2D eigenvalue weighted by atomic mass is 19.4. The molecule has 0 spiro atoms. The lowest BCUT2D eigenvalue weighted by molar-refractivity contribution is -0.137. The van der Waals surface area contributed by atoms with Crippen LogP contribution in [0.4, 0.5) is 13.2 Å². The van der Waals surface area contributed by atoms with Crippen molar-refractivity contribution in [2.45, 2.75) is 31.9 Å². The zero-order valence-electron chi connectivity index (χ0n) is 14.5. The molecule has 1 heterocycles. The Hall–Kier alpha value is -2.78. The van der Waals surface area contributed by atoms with Gasteiger partial charge in [0.1, 0.15) is 12.3 Å². The van der Waals surface area contributed by atoms with Crippen molar-refractivity contribution in [3.05, 3.63) is 29.8 Å². The number of hydrogen-bond acceptors (Lipinski definition) is 4. The number of nitrogens with zero attached hydrogens (tertiary/aromatic N) is 1. The van der Waals surface area contributed by atoms with Gasteiger partial charge in [0.15, 0.2) is 6.61 Å². The predicted octanol–water partition coefficient (Wildman–Crippen LogP) is 1.63. The van der Waals surface area contributed by atoms with Crippen LogP contribution in [0.25, 0.3) is 0 Å². The summed E-state index contributed by atoms with van der Waals surface area (Å²) in [6, 6.07) is 4.11. The molecule has 0 aliphatic carbocycles. The summed E-state index contributed by atoms with van der Waals surface area (Å²) in [5, 5.41) is 0. The maximum absolute atomic E-state index is 12.6. The van der Waals surface area contributed by atoms with Crippen molar-refractivity contribution >= 4 is 17.7 Å². The predicted molar refractivity (Wildman–Crippen MR) is 88.3 cm³/mol. The van der Waals surface area contributed by atoms with Gasteiger partial charge in [0.05, 0.1) is 5.56 Å². The van der Waals surface area contributed by atoms with Gasteiger partial charge in [-0.1, -0.05) is 12.5 Å². The summed E-state index contributed by atoms with van der Waals surface area (Å²) in [5.41, 5.74) is 3.35. The molecule has 0 aromatic heterocycles. The van der Waals surface area contributed by atoms with E-state index in [-0.39, 0.29) is 18.2 Å². The molecule has 27 heavy (non-hydrogen) atoms. The summed E-state index contributed by atoms with van der Waals surface area (Å²) in [6.07, 6.45) is -1.59. The van der Waals surface area contributed by atoms with Crippen LogP contribution in [0.15, 0.2) is 24.3 Å². The minimum atomic E-state index is -4.51. The number of ether oxygens (including phenoxy) is 1. The molecule has 148 valence electrons. The zero-order valence-corrected chi connectivity index (χ0v) is 14.5. The number of hydrogen-bond donors (Lipinski definition) is 2. The molecule has 0 bridgehead atoms. The standard InChI is InChI=1S/C17H20F3N3O4/c18-17(19,20)12-5-4-6-13(9-12)27-11-15(25)22-21-14(24)10-23-8-3-1-2-7-16(23)26/h4-6,9H,1-3,7-8,10-11H2,(H,21,24)(H,22,25). The Balaban J connectivity index is 1.74. The highest BCUT2D eigenvalue weighted by Gasteiger charge is 2.30. The van der Waals surface area contributed by atoms with Crippen LogP contribution in [0.3, 0.4) is 0 Å². The molecule has 3 amide bonds. The van der Waals surface area contributed by atoms with Gasteiger partial charge in [-0.05, 0) is 31.0 Å². The van der Waals surface area contributed by atoms with E-state index in [1.807, 2.05) is 0 Å². The summed E-state index contributed by atoms with van der Waals surface area (Å²) in [6.45, 7) is -0.267. The summed E-state index contributed by atoms with van der Waals surface area (Å²) in [7, 11) is 0. The smallest absolute Gasteiger partial charge is 0.416 e. The van der Waals surface area contributed by atoms with Crippen LogP contribution in [-0.2, 0) is 20.6 Å². The minimum Gasteiger partial charge on any atom is -0.484 e. The normalized spacial score (nSPS) is 15.1. The molecule has 1 aromatic carbocycles. The number of halogens is 3. The van der Waals surface area contributed by atoms with E-state index in [4.69, 9.17) is 4.74 Å². The number of likely N-dealkylation sites (tertiary alicyclic amines) is 1. The monoisotopic (exact) mass is 387 g/mol. The molecule has 2 rings (SSSR count). The van der Waals surface area contributed by atoms with E-state index in [0.717, 1.165) is 37.5 Å². The summed E-state index contributed by atoms with van der Waals surface area (Å²) >= 11 is 0. The van der Waals surface area contributed by atoms with Gasteiger partial charge in [-0.2, -0.15) is 13.2 Å². The Morgan fingerprint density at radius 3 is 2.59 bits per heavy atom. The van der Waals surface area contributed by atoms with Crippen molar-refractivity contribution in [3.63, 3.8) is 0 Å². The van der Waals surface area contributed by atoms with Crippen molar-refractivity contribution in [1.29, 1.82) is 0 Å². The Kier molecular flexibility index (Phi) is 7.03. The van der Waals surface area contributed by atoms with Gasteiger partial charge in [0.2, 0.25) is 5.91 Å². The molecule has 1 aliphatic rings. The van der Waals surface area contributed by atoms with Crippen LogP contribution in [0.2, 0.25) is 0 Å². The topological polar surface area (TPSA) is 87.7 Å². The molecule has 0 saturated carbocycles. The first-order valence-corrected chi connectivity index (χ1v) is 8.41. The molecule has 1 aliphatic heterocycles. The number of amides is 3. The lowest BCUT2D eigenvalue weighted by atomic mass is 10.2. The van der Waals surface area contributed by atoms with Gasteiger partial charge in [0, 0.05) is 13.0 Å². The summed E-state index contributed by atoms with van der Waals surface area (Å²) in [5.74, 6) is -1.55. The van der Waals surface area contributed by atoms with E-state index >= 15 is 0 Å². The zero-order chi connectivity index (χ0) is 19.9. The van der Waals surface area contributed by atoms with E-state index in [2.05, 4.69) is 10.9 Å². The number of carbonyl (C=O) groups excluding carboxylic acids is 3. The lowest BCUT2D eigenvalue weighted by Crippen LogP contribution is -2.48. The molecule has 0 unspecified atom stereocenters. The fraction of sp³-hybridized carbons (Fsp3) is 0.471. The van der Waals surface area contributed by atoms with E-state index < -0.39 is 30.2 Å². The van der Waals surface area contributed by atoms with Crippen LogP contribution in [-0.4, -0.2) is 42.3 Å². The summed E-state index contributed by atoms with van der Waals surface area (Å²) in [4.78, 5) is 36.7. The third-order valence-corrected chi connectivity index (χ3v) is 3.88. The maximum Gasteiger partial charge on any atom is 0.416 e. The molecular weight excluding hydrogens is 367 g/mol. The number of rotatable bonds is 5. The Bertz CT molecular complexity index is 694. The number of carbonyl (C=O) groups is 3. The van der Waals surface area contributed by atoms with E-state index in [1.54, 1.807) is 0 Å². The highest BCUT2D eigenvalue weighted by molar-refractivity contribution is 5.87. The second-order valence-corrected chi connectivity index (χ2v) is 6.04. The van der Waals surface area contributed by atoms with Crippen molar-refractivity contribution in [2.24, 2.45) is 0 Å². The first-order chi connectivity index (χ1) is 12.8. The fourth-order valence-electron chi connectivity index (χ4n) is 2.51. The number of nitrogens with one attached hydrogen (secondary N) is 2. The van der Waals surface area contributed by atoms with Crippen LogP contribution in [0, 0.1) is 0 Å². The van der Waals surface area contributed by atoms with Crippen molar-refractivity contribution in [1.82, 2.24) is 15.8 Å².